The van der Waals surface area contributed by atoms with E-state index in [2.05, 4.69) is 10.1 Å². The van der Waals surface area contributed by atoms with E-state index < -0.39 is 5.60 Å². The maximum absolute atomic E-state index is 12.9. The van der Waals surface area contributed by atoms with Gasteiger partial charge in [-0.1, -0.05) is 0 Å². The maximum atomic E-state index is 12.9. The molecule has 1 amide bonds. The van der Waals surface area contributed by atoms with E-state index in [9.17, 15) is 14.7 Å². The van der Waals surface area contributed by atoms with Crippen LogP contribution in [0, 0.1) is 0 Å². The van der Waals surface area contributed by atoms with Crippen molar-refractivity contribution in [1.82, 2.24) is 24.1 Å². The molecule has 1 saturated heterocycles. The minimum atomic E-state index is -1.05. The number of hydrogen-bond donors (Lipinski definition) is 1. The van der Waals surface area contributed by atoms with Crippen molar-refractivity contribution >= 4 is 23.1 Å². The van der Waals surface area contributed by atoms with E-state index in [1.807, 2.05) is 21.9 Å². The summed E-state index contributed by atoms with van der Waals surface area (Å²) >= 11 is 0. The Morgan fingerprint density at radius 1 is 1.18 bits per heavy atom. The first-order chi connectivity index (χ1) is 15.8. The van der Waals surface area contributed by atoms with Crippen molar-refractivity contribution in [3.05, 3.63) is 46.6 Å². The number of ether oxygens (including phenoxy) is 1. The molecule has 0 aliphatic carbocycles. The molecule has 1 fully saturated rings. The van der Waals surface area contributed by atoms with Gasteiger partial charge in [-0.25, -0.2) is 14.5 Å². The largest absolute Gasteiger partial charge is 0.488 e. The lowest BCUT2D eigenvalue weighted by Gasteiger charge is -2.31. The SMILES string of the molecule is CC(C)(O)Cn1nc2cc(N3CCOc4cc(C(=O)N5CCCCC5)cnc43)ccn2c1=O. The summed E-state index contributed by atoms with van der Waals surface area (Å²) in [7, 11) is 0. The molecule has 0 bridgehead atoms. The molecule has 0 spiro atoms. The first-order valence-corrected chi connectivity index (χ1v) is 11.3. The topological polar surface area (TPSA) is 105 Å². The molecule has 2 aliphatic rings. The van der Waals surface area contributed by atoms with Crippen LogP contribution in [0.15, 0.2) is 35.4 Å². The summed E-state index contributed by atoms with van der Waals surface area (Å²) in [4.78, 5) is 33.9. The highest BCUT2D eigenvalue weighted by Gasteiger charge is 2.26. The number of pyridine rings is 2. The molecule has 10 heteroatoms. The van der Waals surface area contributed by atoms with Crippen molar-refractivity contribution in [1.29, 1.82) is 0 Å². The minimum Gasteiger partial charge on any atom is -0.488 e. The lowest BCUT2D eigenvalue weighted by atomic mass is 10.1. The fourth-order valence-corrected chi connectivity index (χ4v) is 4.39. The van der Waals surface area contributed by atoms with Crippen LogP contribution >= 0.6 is 0 Å². The molecule has 0 atom stereocenters. The molecule has 10 nitrogen and oxygen atoms in total. The predicted octanol–water partition coefficient (Wildman–Crippen LogP) is 1.82. The van der Waals surface area contributed by atoms with Crippen LogP contribution in [0.4, 0.5) is 11.5 Å². The van der Waals surface area contributed by atoms with Crippen molar-refractivity contribution in [3.8, 4) is 5.75 Å². The zero-order valence-electron chi connectivity index (χ0n) is 18.9. The van der Waals surface area contributed by atoms with Crippen LogP contribution in [0.25, 0.3) is 5.65 Å². The van der Waals surface area contributed by atoms with E-state index in [-0.39, 0.29) is 18.1 Å². The summed E-state index contributed by atoms with van der Waals surface area (Å²) in [5.74, 6) is 1.18. The number of amides is 1. The van der Waals surface area contributed by atoms with Gasteiger partial charge in [0.1, 0.15) is 6.61 Å². The molecular weight excluding hydrogens is 424 g/mol. The van der Waals surface area contributed by atoms with Gasteiger partial charge in [0, 0.05) is 37.2 Å². The average molecular weight is 453 g/mol. The first kappa shape index (κ1) is 21.4. The van der Waals surface area contributed by atoms with Crippen molar-refractivity contribution in [2.24, 2.45) is 0 Å². The molecule has 0 unspecified atom stereocenters. The van der Waals surface area contributed by atoms with Crippen LogP contribution < -0.4 is 15.3 Å². The fourth-order valence-electron chi connectivity index (χ4n) is 4.39. The van der Waals surface area contributed by atoms with Gasteiger partial charge in [0.25, 0.3) is 5.91 Å². The lowest BCUT2D eigenvalue weighted by molar-refractivity contribution is 0.0566. The van der Waals surface area contributed by atoms with E-state index in [1.165, 1.54) is 9.08 Å². The number of piperidine rings is 1. The monoisotopic (exact) mass is 452 g/mol. The van der Waals surface area contributed by atoms with Crippen LogP contribution in [0.1, 0.15) is 43.5 Å². The highest BCUT2D eigenvalue weighted by Crippen LogP contribution is 2.35. The van der Waals surface area contributed by atoms with Crippen LogP contribution in [-0.4, -0.2) is 66.9 Å². The second-order valence-electron chi connectivity index (χ2n) is 9.26. The Morgan fingerprint density at radius 3 is 2.73 bits per heavy atom. The maximum Gasteiger partial charge on any atom is 0.350 e. The average Bonchev–Trinajstić information content (AvgIpc) is 3.11. The third kappa shape index (κ3) is 4.18. The van der Waals surface area contributed by atoms with Gasteiger partial charge in [0.2, 0.25) is 0 Å². The molecule has 5 heterocycles. The molecular formula is C23H28N6O4. The minimum absolute atomic E-state index is 0.0103. The van der Waals surface area contributed by atoms with Gasteiger partial charge in [-0.15, -0.1) is 5.10 Å². The number of fused-ring (bicyclic) bond motifs is 2. The molecule has 3 aromatic heterocycles. The molecule has 1 N–H and O–H groups in total. The zero-order chi connectivity index (χ0) is 23.2. The summed E-state index contributed by atoms with van der Waals surface area (Å²) in [6.07, 6.45) is 6.51. The van der Waals surface area contributed by atoms with E-state index >= 15 is 0 Å². The number of carbonyl (C=O) groups is 1. The number of rotatable bonds is 4. The molecule has 33 heavy (non-hydrogen) atoms. The van der Waals surface area contributed by atoms with Gasteiger partial charge in [0.05, 0.1) is 24.3 Å². The molecule has 0 saturated carbocycles. The Kier molecular flexibility index (Phi) is 5.32. The summed E-state index contributed by atoms with van der Waals surface area (Å²) in [6.45, 7) is 5.94. The van der Waals surface area contributed by atoms with Crippen molar-refractivity contribution in [2.45, 2.75) is 45.3 Å². The van der Waals surface area contributed by atoms with Gasteiger partial charge < -0.3 is 19.6 Å². The van der Waals surface area contributed by atoms with Gasteiger partial charge in [0.15, 0.2) is 17.2 Å². The van der Waals surface area contributed by atoms with E-state index in [1.54, 1.807) is 32.3 Å². The van der Waals surface area contributed by atoms with Gasteiger partial charge in [-0.3, -0.25) is 9.20 Å². The number of nitrogens with zero attached hydrogens (tertiary/aromatic N) is 6. The number of aromatic nitrogens is 4. The molecule has 2 aliphatic heterocycles. The van der Waals surface area contributed by atoms with E-state index in [4.69, 9.17) is 4.74 Å². The standard InChI is InChI=1S/C23H28N6O4/c1-23(2,32)15-29-22(31)28-9-6-17(13-19(28)25-29)27-10-11-33-18-12-16(14-24-20(18)27)21(30)26-7-4-3-5-8-26/h6,9,12-14,32H,3-5,7-8,10-11,15H2,1-2H3. The van der Waals surface area contributed by atoms with Crippen molar-refractivity contribution in [3.63, 3.8) is 0 Å². The van der Waals surface area contributed by atoms with Gasteiger partial charge >= 0.3 is 5.69 Å². The second-order valence-corrected chi connectivity index (χ2v) is 9.26. The smallest absolute Gasteiger partial charge is 0.350 e. The number of aliphatic hydroxyl groups is 1. The highest BCUT2D eigenvalue weighted by atomic mass is 16.5. The van der Waals surface area contributed by atoms with Crippen LogP contribution in [0.5, 0.6) is 5.75 Å². The quantitative estimate of drug-likeness (QED) is 0.644. The zero-order valence-corrected chi connectivity index (χ0v) is 18.9. The summed E-state index contributed by atoms with van der Waals surface area (Å²) in [5, 5.41) is 14.4. The third-order valence-corrected chi connectivity index (χ3v) is 5.97. The number of hydrogen-bond acceptors (Lipinski definition) is 7. The summed E-state index contributed by atoms with van der Waals surface area (Å²) in [5.41, 5.74) is 0.465. The predicted molar refractivity (Wildman–Crippen MR) is 122 cm³/mol. The van der Waals surface area contributed by atoms with Crippen LogP contribution in [0.2, 0.25) is 0 Å². The van der Waals surface area contributed by atoms with Crippen LogP contribution in [-0.2, 0) is 6.54 Å². The Bertz CT molecular complexity index is 1250. The number of likely N-dealkylation sites (tertiary alicyclic amines) is 1. The third-order valence-electron chi connectivity index (χ3n) is 5.97. The van der Waals surface area contributed by atoms with Crippen molar-refractivity contribution < 1.29 is 14.6 Å². The number of anilines is 2. The normalized spacial score (nSPS) is 16.6. The molecule has 5 rings (SSSR count). The molecule has 3 aromatic rings. The Hall–Kier alpha value is -3.40. The highest BCUT2D eigenvalue weighted by molar-refractivity contribution is 5.95. The second kappa shape index (κ2) is 8.18. The number of carbonyl (C=O) groups excluding carboxylic acids is 1. The Balaban J connectivity index is 1.45. The van der Waals surface area contributed by atoms with Gasteiger partial charge in [-0.2, -0.15) is 0 Å². The van der Waals surface area contributed by atoms with E-state index in [0.717, 1.165) is 38.0 Å². The Labute approximate surface area is 191 Å². The van der Waals surface area contributed by atoms with Crippen molar-refractivity contribution in [2.75, 3.05) is 31.1 Å². The summed E-state index contributed by atoms with van der Waals surface area (Å²) in [6, 6.07) is 5.41. The molecule has 174 valence electrons. The lowest BCUT2D eigenvalue weighted by Crippen LogP contribution is -2.36. The Morgan fingerprint density at radius 2 is 1.97 bits per heavy atom. The van der Waals surface area contributed by atoms with Crippen LogP contribution in [0.3, 0.4) is 0 Å². The molecule has 0 aromatic carbocycles. The summed E-state index contributed by atoms with van der Waals surface area (Å²) < 4.78 is 8.56. The van der Waals surface area contributed by atoms with Gasteiger partial charge in [-0.05, 0) is 45.2 Å². The van der Waals surface area contributed by atoms with E-state index in [0.29, 0.717) is 35.9 Å². The molecule has 0 radical (unpaired) electrons. The first-order valence-electron chi connectivity index (χ1n) is 11.3. The fraction of sp³-hybridized carbons (Fsp3) is 0.478.